The number of fused-ring (bicyclic) bond motifs is 1. The molecule has 1 N–H and O–H groups in total. The molecule has 2 aromatic heterocycles. The summed E-state index contributed by atoms with van der Waals surface area (Å²) in [6.07, 6.45) is 6.84. The second kappa shape index (κ2) is 5.58. The van der Waals surface area contributed by atoms with Gasteiger partial charge in [0.05, 0.1) is 6.20 Å². The quantitative estimate of drug-likeness (QED) is 0.730. The fourth-order valence-corrected chi connectivity index (χ4v) is 1.68. The van der Waals surface area contributed by atoms with E-state index in [2.05, 4.69) is 22.3 Å². The average Bonchev–Trinajstić information content (AvgIpc) is 2.67. The van der Waals surface area contributed by atoms with E-state index >= 15 is 0 Å². The van der Waals surface area contributed by atoms with Crippen LogP contribution < -0.4 is 11.0 Å². The van der Waals surface area contributed by atoms with Crippen molar-refractivity contribution in [3.63, 3.8) is 0 Å². The first-order valence-electron chi connectivity index (χ1n) is 5.93. The van der Waals surface area contributed by atoms with Gasteiger partial charge in [-0.3, -0.25) is 4.98 Å². The number of hydrogen-bond donors (Lipinski definition) is 1. The molecule has 0 fully saturated rings. The van der Waals surface area contributed by atoms with E-state index in [9.17, 15) is 4.79 Å². The topological polar surface area (TPSA) is 64.2 Å². The van der Waals surface area contributed by atoms with Crippen LogP contribution in [0.5, 0.6) is 0 Å². The molecule has 2 aromatic rings. The van der Waals surface area contributed by atoms with E-state index in [1.807, 2.05) is 0 Å². The third kappa shape index (κ3) is 2.71. The number of aromatic nitrogens is 4. The zero-order chi connectivity index (χ0) is 12.1. The second-order valence-electron chi connectivity index (χ2n) is 3.91. The Morgan fingerprint density at radius 3 is 3.06 bits per heavy atom. The molecule has 0 aliphatic rings. The van der Waals surface area contributed by atoms with Gasteiger partial charge in [0.2, 0.25) is 0 Å². The summed E-state index contributed by atoms with van der Waals surface area (Å²) in [5.41, 5.74) is 0.497. The first kappa shape index (κ1) is 11.8. The van der Waals surface area contributed by atoms with Gasteiger partial charge in [-0.15, -0.1) is 5.10 Å². The molecule has 0 saturated carbocycles. The van der Waals surface area contributed by atoms with Crippen molar-refractivity contribution in [2.45, 2.75) is 26.3 Å². The number of rotatable bonds is 6. The molecule has 92 valence electrons. The third-order valence-corrected chi connectivity index (χ3v) is 2.54. The normalized spacial score (nSPS) is 11.1. The van der Waals surface area contributed by atoms with E-state index in [1.54, 1.807) is 18.6 Å². The Bertz CT molecular complexity index is 530. The van der Waals surface area contributed by atoms with Gasteiger partial charge in [0.25, 0.3) is 0 Å². The molecule has 0 spiro atoms. The van der Waals surface area contributed by atoms with Crippen molar-refractivity contribution in [3.8, 4) is 0 Å². The molecule has 0 radical (unpaired) electrons. The number of nitrogens with one attached hydrogen (secondary N) is 1. The van der Waals surface area contributed by atoms with E-state index in [4.69, 9.17) is 0 Å². The Labute approximate surface area is 99.3 Å². The minimum atomic E-state index is -0.0992. The standard InChI is InChI=1S/C11H17N5O/c1-2-4-12-5-3-7-16-11(17)15-8-6-13-9-10(15)14-16/h6,8-9,12H,2-5,7H2,1H3. The third-order valence-electron chi connectivity index (χ3n) is 2.54. The van der Waals surface area contributed by atoms with Crippen molar-refractivity contribution < 1.29 is 0 Å². The highest BCUT2D eigenvalue weighted by atomic mass is 16.2. The van der Waals surface area contributed by atoms with Crippen molar-refractivity contribution in [2.75, 3.05) is 13.1 Å². The highest BCUT2D eigenvalue weighted by molar-refractivity contribution is 5.31. The van der Waals surface area contributed by atoms with Crippen LogP contribution in [0.25, 0.3) is 5.65 Å². The lowest BCUT2D eigenvalue weighted by atomic mass is 10.4. The molecule has 6 heteroatoms. The van der Waals surface area contributed by atoms with Crippen LogP contribution in [0.15, 0.2) is 23.4 Å². The van der Waals surface area contributed by atoms with Crippen molar-refractivity contribution in [2.24, 2.45) is 0 Å². The summed E-state index contributed by atoms with van der Waals surface area (Å²) < 4.78 is 3.00. The van der Waals surface area contributed by atoms with Crippen molar-refractivity contribution in [3.05, 3.63) is 29.1 Å². The van der Waals surface area contributed by atoms with Gasteiger partial charge in [-0.2, -0.15) is 0 Å². The molecule has 2 rings (SSSR count). The molecule has 0 unspecified atom stereocenters. The van der Waals surface area contributed by atoms with Crippen molar-refractivity contribution in [1.29, 1.82) is 0 Å². The number of nitrogens with zero attached hydrogens (tertiary/aromatic N) is 4. The maximum absolute atomic E-state index is 11.9. The molecule has 0 atom stereocenters. The van der Waals surface area contributed by atoms with Crippen molar-refractivity contribution in [1.82, 2.24) is 24.5 Å². The molecule has 0 saturated heterocycles. The first-order chi connectivity index (χ1) is 8.33. The molecule has 6 nitrogen and oxygen atoms in total. The van der Waals surface area contributed by atoms with Gasteiger partial charge >= 0.3 is 5.69 Å². The molecular weight excluding hydrogens is 218 g/mol. The molecule has 0 bridgehead atoms. The van der Waals surface area contributed by atoms with Crippen LogP contribution in [0.2, 0.25) is 0 Å². The molecule has 0 aliphatic carbocycles. The minimum absolute atomic E-state index is 0.0992. The predicted molar refractivity (Wildman–Crippen MR) is 65.0 cm³/mol. The minimum Gasteiger partial charge on any atom is -0.317 e. The van der Waals surface area contributed by atoms with E-state index in [0.29, 0.717) is 12.2 Å². The highest BCUT2D eigenvalue weighted by Crippen LogP contribution is 1.93. The zero-order valence-electron chi connectivity index (χ0n) is 9.96. The Balaban J connectivity index is 1.99. The van der Waals surface area contributed by atoms with Gasteiger partial charge in [-0.05, 0) is 25.9 Å². The van der Waals surface area contributed by atoms with Gasteiger partial charge < -0.3 is 5.32 Å². The molecule has 0 aromatic carbocycles. The first-order valence-corrected chi connectivity index (χ1v) is 5.93. The summed E-state index contributed by atoms with van der Waals surface area (Å²) in [6.45, 7) is 4.69. The monoisotopic (exact) mass is 235 g/mol. The maximum Gasteiger partial charge on any atom is 0.350 e. The molecule has 17 heavy (non-hydrogen) atoms. The van der Waals surface area contributed by atoms with Crippen LogP contribution in [-0.4, -0.2) is 32.3 Å². The Hall–Kier alpha value is -1.69. The summed E-state index contributed by atoms with van der Waals surface area (Å²) >= 11 is 0. The Kier molecular flexibility index (Phi) is 3.87. The van der Waals surface area contributed by atoms with E-state index in [1.165, 1.54) is 9.08 Å². The van der Waals surface area contributed by atoms with E-state index in [0.717, 1.165) is 25.9 Å². The summed E-state index contributed by atoms with van der Waals surface area (Å²) in [4.78, 5) is 15.8. The number of aryl methyl sites for hydroxylation is 1. The zero-order valence-corrected chi connectivity index (χ0v) is 9.96. The van der Waals surface area contributed by atoms with Crippen LogP contribution in [0.3, 0.4) is 0 Å². The lowest BCUT2D eigenvalue weighted by molar-refractivity contribution is 0.530. The van der Waals surface area contributed by atoms with Crippen molar-refractivity contribution >= 4 is 5.65 Å². The SMILES string of the molecule is CCCNCCCn1nc2cnccn2c1=O. The van der Waals surface area contributed by atoms with Gasteiger partial charge in [0.1, 0.15) is 0 Å². The second-order valence-corrected chi connectivity index (χ2v) is 3.91. The largest absolute Gasteiger partial charge is 0.350 e. The van der Waals surface area contributed by atoms with Crippen LogP contribution >= 0.6 is 0 Å². The summed E-state index contributed by atoms with van der Waals surface area (Å²) in [5.74, 6) is 0. The molecule has 0 amide bonds. The molecule has 2 heterocycles. The smallest absolute Gasteiger partial charge is 0.317 e. The van der Waals surface area contributed by atoms with Crippen LogP contribution in [0.1, 0.15) is 19.8 Å². The lowest BCUT2D eigenvalue weighted by Crippen LogP contribution is -2.24. The van der Waals surface area contributed by atoms with E-state index in [-0.39, 0.29) is 5.69 Å². The van der Waals surface area contributed by atoms with Gasteiger partial charge in [-0.25, -0.2) is 13.9 Å². The fourth-order valence-electron chi connectivity index (χ4n) is 1.68. The van der Waals surface area contributed by atoms with Crippen LogP contribution in [-0.2, 0) is 6.54 Å². The van der Waals surface area contributed by atoms with Crippen LogP contribution in [0, 0.1) is 0 Å². The predicted octanol–water partition coefficient (Wildman–Crippen LogP) is 0.281. The van der Waals surface area contributed by atoms with Gasteiger partial charge in [0.15, 0.2) is 5.65 Å². The summed E-state index contributed by atoms with van der Waals surface area (Å²) in [7, 11) is 0. The Morgan fingerprint density at radius 2 is 2.29 bits per heavy atom. The summed E-state index contributed by atoms with van der Waals surface area (Å²) in [5, 5.41) is 7.50. The maximum atomic E-state index is 11.9. The van der Waals surface area contributed by atoms with Gasteiger partial charge in [0, 0.05) is 18.9 Å². The van der Waals surface area contributed by atoms with Gasteiger partial charge in [-0.1, -0.05) is 6.92 Å². The average molecular weight is 235 g/mol. The van der Waals surface area contributed by atoms with E-state index < -0.39 is 0 Å². The lowest BCUT2D eigenvalue weighted by Gasteiger charge is -2.01. The fraction of sp³-hybridized carbons (Fsp3) is 0.545. The highest BCUT2D eigenvalue weighted by Gasteiger charge is 2.04. The Morgan fingerprint density at radius 1 is 1.41 bits per heavy atom. The molecule has 0 aliphatic heterocycles. The summed E-state index contributed by atoms with van der Waals surface area (Å²) in [6, 6.07) is 0. The molecular formula is C11H17N5O. The number of hydrogen-bond acceptors (Lipinski definition) is 4. The van der Waals surface area contributed by atoms with Crippen LogP contribution in [0.4, 0.5) is 0 Å².